The van der Waals surface area contributed by atoms with Gasteiger partial charge in [0.2, 0.25) is 0 Å². The Hall–Kier alpha value is -4.44. The van der Waals surface area contributed by atoms with Gasteiger partial charge in [-0.1, -0.05) is 48.0 Å². The van der Waals surface area contributed by atoms with Crippen LogP contribution in [0.4, 0.5) is 4.39 Å². The molecule has 1 aliphatic heterocycles. The monoisotopic (exact) mass is 587 g/mol. The zero-order chi connectivity index (χ0) is 30.4. The number of hydrogen-bond acceptors (Lipinski definition) is 4. The lowest BCUT2D eigenvalue weighted by Crippen LogP contribution is -2.33. The normalized spacial score (nSPS) is 15.9. The molecule has 6 rings (SSSR count). The minimum atomic E-state index is -0.675. The van der Waals surface area contributed by atoms with Crippen LogP contribution in [0, 0.1) is 24.1 Å². The van der Waals surface area contributed by atoms with Crippen molar-refractivity contribution in [3.63, 3.8) is 0 Å². The highest BCUT2D eigenvalue weighted by atomic mass is 19.1. The molecular weight excluding hydrogens is 549 g/mol. The van der Waals surface area contributed by atoms with Gasteiger partial charge in [-0.25, -0.2) is 4.39 Å². The number of nitriles is 1. The average molecular weight is 588 g/mol. The van der Waals surface area contributed by atoms with Crippen molar-refractivity contribution in [2.75, 3.05) is 26.2 Å². The Kier molecular flexibility index (Phi) is 9.07. The summed E-state index contributed by atoms with van der Waals surface area (Å²) < 4.78 is 26.6. The number of ether oxygens (including phenoxy) is 2. The number of fused-ring (bicyclic) bond motifs is 2. The maximum Gasteiger partial charge on any atom is 0.123 e. The van der Waals surface area contributed by atoms with Crippen LogP contribution >= 0.6 is 0 Å². The number of H-pyrrole nitrogens is 1. The van der Waals surface area contributed by atoms with Crippen LogP contribution in [0.3, 0.4) is 0 Å². The zero-order valence-corrected chi connectivity index (χ0v) is 25.2. The molecule has 1 N–H and O–H groups in total. The molecule has 5 aromatic rings. The minimum absolute atomic E-state index is 0.267. The first-order valence-electron chi connectivity index (χ1n) is 15.4. The lowest BCUT2D eigenvalue weighted by Gasteiger charge is -2.32. The van der Waals surface area contributed by atoms with E-state index in [2.05, 4.69) is 47.3 Å². The molecular formula is C38H38FN3O2. The largest absolute Gasteiger partial charge is 0.492 e. The Morgan fingerprint density at radius 1 is 0.955 bits per heavy atom. The van der Waals surface area contributed by atoms with Gasteiger partial charge in [-0.2, -0.15) is 5.26 Å². The fourth-order valence-electron chi connectivity index (χ4n) is 6.45. The van der Waals surface area contributed by atoms with E-state index in [0.717, 1.165) is 67.8 Å². The van der Waals surface area contributed by atoms with Crippen molar-refractivity contribution >= 4 is 10.9 Å². The molecule has 0 bridgehead atoms. The molecule has 1 atom stereocenters. The van der Waals surface area contributed by atoms with Crippen LogP contribution in [-0.4, -0.2) is 36.1 Å². The highest BCUT2D eigenvalue weighted by Gasteiger charge is 2.41. The molecule has 6 heteroatoms. The van der Waals surface area contributed by atoms with E-state index in [-0.39, 0.29) is 5.82 Å². The summed E-state index contributed by atoms with van der Waals surface area (Å²) in [6, 6.07) is 31.2. The van der Waals surface area contributed by atoms with Gasteiger partial charge in [0.05, 0.1) is 18.2 Å². The number of nitrogens with zero attached hydrogens (tertiary/aromatic N) is 2. The highest BCUT2D eigenvalue weighted by molar-refractivity contribution is 5.83. The Morgan fingerprint density at radius 2 is 1.77 bits per heavy atom. The lowest BCUT2D eigenvalue weighted by atomic mass is 9.81. The van der Waals surface area contributed by atoms with E-state index in [4.69, 9.17) is 9.47 Å². The van der Waals surface area contributed by atoms with E-state index >= 15 is 0 Å². The van der Waals surface area contributed by atoms with Crippen molar-refractivity contribution in [1.82, 2.24) is 9.88 Å². The third-order valence-electron chi connectivity index (χ3n) is 8.72. The SMILES string of the molecule is Cc1ccc2[nH]cc(CCCN(CCCC3(c4ccc(F)cc4)OCc4cc(C#N)ccc43)CCOc3ccccc3)c2c1. The van der Waals surface area contributed by atoms with Gasteiger partial charge in [0.25, 0.3) is 0 Å². The molecule has 0 saturated carbocycles. The second-order valence-electron chi connectivity index (χ2n) is 11.7. The van der Waals surface area contributed by atoms with Crippen LogP contribution in [0.1, 0.15) is 52.6 Å². The van der Waals surface area contributed by atoms with Gasteiger partial charge >= 0.3 is 0 Å². The minimum Gasteiger partial charge on any atom is -0.492 e. The third-order valence-corrected chi connectivity index (χ3v) is 8.72. The molecule has 4 aromatic carbocycles. The van der Waals surface area contributed by atoms with Crippen LogP contribution in [0.5, 0.6) is 5.75 Å². The molecule has 0 radical (unpaired) electrons. The lowest BCUT2D eigenvalue weighted by molar-refractivity contribution is -0.0147. The molecule has 1 aromatic heterocycles. The molecule has 0 amide bonds. The summed E-state index contributed by atoms with van der Waals surface area (Å²) in [6.07, 6.45) is 5.80. The summed E-state index contributed by atoms with van der Waals surface area (Å²) in [5, 5.41) is 10.7. The fraction of sp³-hybridized carbons (Fsp3) is 0.289. The standard InChI is InChI=1S/C38H38FN3O2/c1-28-10-17-37-35(23-28)30(26-41-37)7-5-19-42(21-22-43-34-8-3-2-4-9-34)20-6-18-38(32-12-14-33(39)15-13-32)36-16-11-29(25-40)24-31(36)27-44-38/h2-4,8-17,23-24,26,41H,5-7,18-22,27H2,1H3. The van der Waals surface area contributed by atoms with Crippen molar-refractivity contribution in [3.05, 3.63) is 136 Å². The van der Waals surface area contributed by atoms with E-state index < -0.39 is 5.60 Å². The van der Waals surface area contributed by atoms with Crippen molar-refractivity contribution < 1.29 is 13.9 Å². The second-order valence-corrected chi connectivity index (χ2v) is 11.7. The number of aromatic amines is 1. The summed E-state index contributed by atoms with van der Waals surface area (Å²) >= 11 is 0. The van der Waals surface area contributed by atoms with Crippen molar-refractivity contribution in [3.8, 4) is 11.8 Å². The van der Waals surface area contributed by atoms with Crippen molar-refractivity contribution in [2.45, 2.75) is 44.8 Å². The molecule has 2 heterocycles. The summed E-state index contributed by atoms with van der Waals surface area (Å²) in [5.74, 6) is 0.612. The van der Waals surface area contributed by atoms with E-state index in [1.807, 2.05) is 60.7 Å². The van der Waals surface area contributed by atoms with E-state index in [1.54, 1.807) is 0 Å². The van der Waals surface area contributed by atoms with E-state index in [1.165, 1.54) is 34.2 Å². The van der Waals surface area contributed by atoms with Gasteiger partial charge in [0.1, 0.15) is 23.8 Å². The number of aryl methyl sites for hydroxylation is 2. The van der Waals surface area contributed by atoms with Crippen LogP contribution in [0.15, 0.2) is 97.2 Å². The highest BCUT2D eigenvalue weighted by Crippen LogP contribution is 2.45. The van der Waals surface area contributed by atoms with Gasteiger partial charge in [-0.15, -0.1) is 0 Å². The first kappa shape index (κ1) is 29.6. The number of para-hydroxylation sites is 1. The number of nitrogens with one attached hydrogen (secondary N) is 1. The van der Waals surface area contributed by atoms with Crippen LogP contribution < -0.4 is 4.74 Å². The number of halogens is 1. The number of rotatable bonds is 13. The Morgan fingerprint density at radius 3 is 2.59 bits per heavy atom. The van der Waals surface area contributed by atoms with Crippen LogP contribution in [-0.2, 0) is 23.4 Å². The van der Waals surface area contributed by atoms with Crippen molar-refractivity contribution in [1.29, 1.82) is 5.26 Å². The van der Waals surface area contributed by atoms with E-state index in [0.29, 0.717) is 18.8 Å². The van der Waals surface area contributed by atoms with Gasteiger partial charge in [0, 0.05) is 23.6 Å². The topological polar surface area (TPSA) is 61.3 Å². The van der Waals surface area contributed by atoms with Gasteiger partial charge < -0.3 is 14.5 Å². The molecule has 0 aliphatic carbocycles. The molecule has 44 heavy (non-hydrogen) atoms. The number of aromatic nitrogens is 1. The fourth-order valence-corrected chi connectivity index (χ4v) is 6.45. The first-order chi connectivity index (χ1) is 21.5. The maximum atomic E-state index is 13.9. The van der Waals surface area contributed by atoms with Gasteiger partial charge in [0.15, 0.2) is 0 Å². The summed E-state index contributed by atoms with van der Waals surface area (Å²) in [6.45, 7) is 5.82. The molecule has 1 aliphatic rings. The molecule has 224 valence electrons. The quantitative estimate of drug-likeness (QED) is 0.151. The molecule has 0 spiro atoms. The first-order valence-corrected chi connectivity index (χ1v) is 15.4. The Balaban J connectivity index is 1.16. The van der Waals surface area contributed by atoms with E-state index in [9.17, 15) is 9.65 Å². The van der Waals surface area contributed by atoms with Crippen LogP contribution in [0.25, 0.3) is 10.9 Å². The Bertz CT molecular complexity index is 1740. The summed E-state index contributed by atoms with van der Waals surface area (Å²) in [5.41, 5.74) is 6.79. The number of hydrogen-bond donors (Lipinski definition) is 1. The van der Waals surface area contributed by atoms with Gasteiger partial charge in [-0.05, 0) is 116 Å². The maximum absolute atomic E-state index is 13.9. The molecule has 0 saturated heterocycles. The predicted octanol–water partition coefficient (Wildman–Crippen LogP) is 8.05. The Labute approximate surface area is 258 Å². The molecule has 0 fully saturated rings. The smallest absolute Gasteiger partial charge is 0.123 e. The average Bonchev–Trinajstić information content (AvgIpc) is 3.62. The predicted molar refractivity (Wildman–Crippen MR) is 172 cm³/mol. The van der Waals surface area contributed by atoms with Crippen LogP contribution in [0.2, 0.25) is 0 Å². The summed E-state index contributed by atoms with van der Waals surface area (Å²) in [7, 11) is 0. The summed E-state index contributed by atoms with van der Waals surface area (Å²) in [4.78, 5) is 5.90. The number of benzene rings is 4. The molecule has 5 nitrogen and oxygen atoms in total. The van der Waals surface area contributed by atoms with Crippen molar-refractivity contribution in [2.24, 2.45) is 0 Å². The third kappa shape index (κ3) is 6.55. The molecule has 1 unspecified atom stereocenters. The van der Waals surface area contributed by atoms with Gasteiger partial charge in [-0.3, -0.25) is 4.90 Å². The zero-order valence-electron chi connectivity index (χ0n) is 25.2. The second kappa shape index (κ2) is 13.5.